The van der Waals surface area contributed by atoms with E-state index in [4.69, 9.17) is 9.47 Å². The zero-order chi connectivity index (χ0) is 18.6. The van der Waals surface area contributed by atoms with Crippen LogP contribution in [-0.2, 0) is 20.3 Å². The SMILES string of the molecule is CCS(=O)C1CCCC(NC(=NC)NCCCOCC2CCOCC2)C1.I. The number of hydrogen-bond acceptors (Lipinski definition) is 4. The molecule has 160 valence electrons. The Kier molecular flexibility index (Phi) is 13.9. The second-order valence-corrected chi connectivity index (χ2v) is 9.29. The quantitative estimate of drug-likeness (QED) is 0.214. The van der Waals surface area contributed by atoms with Crippen LogP contribution >= 0.6 is 24.0 Å². The van der Waals surface area contributed by atoms with Crippen LogP contribution in [0.15, 0.2) is 4.99 Å². The second kappa shape index (κ2) is 15.0. The van der Waals surface area contributed by atoms with Gasteiger partial charge in [-0.05, 0) is 44.4 Å². The van der Waals surface area contributed by atoms with E-state index < -0.39 is 10.8 Å². The van der Waals surface area contributed by atoms with Crippen molar-refractivity contribution in [2.45, 2.75) is 63.2 Å². The van der Waals surface area contributed by atoms with E-state index in [0.29, 0.717) is 17.2 Å². The van der Waals surface area contributed by atoms with Crippen molar-refractivity contribution in [3.8, 4) is 0 Å². The summed E-state index contributed by atoms with van der Waals surface area (Å²) in [7, 11) is 1.12. The Bertz CT molecular complexity index is 448. The Morgan fingerprint density at radius 2 is 2.04 bits per heavy atom. The van der Waals surface area contributed by atoms with Gasteiger partial charge in [-0.2, -0.15) is 0 Å². The Hall–Kier alpha value is 0.0700. The molecule has 2 N–H and O–H groups in total. The lowest BCUT2D eigenvalue weighted by Crippen LogP contribution is -2.46. The monoisotopic (exact) mass is 515 g/mol. The van der Waals surface area contributed by atoms with Crippen molar-refractivity contribution in [3.63, 3.8) is 0 Å². The molecule has 2 fully saturated rings. The smallest absolute Gasteiger partial charge is 0.191 e. The molecule has 3 unspecified atom stereocenters. The molecule has 3 atom stereocenters. The average molecular weight is 516 g/mol. The first kappa shape index (κ1) is 25.1. The third kappa shape index (κ3) is 9.89. The third-order valence-corrected chi connectivity index (χ3v) is 7.04. The fraction of sp³-hybridized carbons (Fsp3) is 0.947. The summed E-state index contributed by atoms with van der Waals surface area (Å²) in [5.41, 5.74) is 0. The van der Waals surface area contributed by atoms with Crippen LogP contribution in [0.3, 0.4) is 0 Å². The maximum absolute atomic E-state index is 12.1. The molecule has 0 amide bonds. The maximum Gasteiger partial charge on any atom is 0.191 e. The maximum atomic E-state index is 12.1. The van der Waals surface area contributed by atoms with Gasteiger partial charge in [0.25, 0.3) is 0 Å². The highest BCUT2D eigenvalue weighted by Gasteiger charge is 2.25. The molecule has 1 aliphatic heterocycles. The first-order chi connectivity index (χ1) is 12.7. The summed E-state index contributed by atoms with van der Waals surface area (Å²) in [5.74, 6) is 2.28. The molecule has 0 radical (unpaired) electrons. The minimum Gasteiger partial charge on any atom is -0.381 e. The van der Waals surface area contributed by atoms with Gasteiger partial charge >= 0.3 is 0 Å². The summed E-state index contributed by atoms with van der Waals surface area (Å²) in [5, 5.41) is 7.22. The summed E-state index contributed by atoms with van der Waals surface area (Å²) in [6.07, 6.45) is 7.57. The Labute approximate surface area is 184 Å². The largest absolute Gasteiger partial charge is 0.381 e. The molecule has 8 heteroatoms. The second-order valence-electron chi connectivity index (χ2n) is 7.28. The van der Waals surface area contributed by atoms with Crippen LogP contribution in [0, 0.1) is 5.92 Å². The highest BCUT2D eigenvalue weighted by atomic mass is 127. The van der Waals surface area contributed by atoms with E-state index in [0.717, 1.165) is 89.6 Å². The number of guanidine groups is 1. The summed E-state index contributed by atoms with van der Waals surface area (Å²) < 4.78 is 23.2. The number of aliphatic imine (C=N–C) groups is 1. The van der Waals surface area contributed by atoms with Gasteiger partial charge < -0.3 is 20.1 Å². The lowest BCUT2D eigenvalue weighted by atomic mass is 9.95. The van der Waals surface area contributed by atoms with Gasteiger partial charge in [0.2, 0.25) is 0 Å². The predicted molar refractivity (Wildman–Crippen MR) is 124 cm³/mol. The fourth-order valence-corrected chi connectivity index (χ4v) is 5.03. The van der Waals surface area contributed by atoms with Gasteiger partial charge in [-0.3, -0.25) is 9.20 Å². The van der Waals surface area contributed by atoms with E-state index >= 15 is 0 Å². The highest BCUT2D eigenvalue weighted by Crippen LogP contribution is 2.23. The van der Waals surface area contributed by atoms with Crippen molar-refractivity contribution in [1.29, 1.82) is 0 Å². The minimum absolute atomic E-state index is 0. The number of nitrogens with one attached hydrogen (secondary N) is 2. The van der Waals surface area contributed by atoms with Gasteiger partial charge in [0.15, 0.2) is 5.96 Å². The molecular formula is C19H38IN3O3S. The van der Waals surface area contributed by atoms with E-state index in [2.05, 4.69) is 15.6 Å². The van der Waals surface area contributed by atoms with E-state index in [1.165, 1.54) is 0 Å². The normalized spacial score (nSPS) is 25.5. The molecule has 1 aliphatic carbocycles. The molecule has 2 aliphatic rings. The molecule has 0 aromatic heterocycles. The van der Waals surface area contributed by atoms with Crippen molar-refractivity contribution >= 4 is 40.7 Å². The molecule has 0 bridgehead atoms. The first-order valence-electron chi connectivity index (χ1n) is 10.2. The van der Waals surface area contributed by atoms with Crippen molar-refractivity contribution in [1.82, 2.24) is 10.6 Å². The Balaban J connectivity index is 0.00000364. The van der Waals surface area contributed by atoms with E-state index in [-0.39, 0.29) is 24.0 Å². The third-order valence-electron chi connectivity index (χ3n) is 5.30. The molecule has 0 aromatic carbocycles. The predicted octanol–water partition coefficient (Wildman–Crippen LogP) is 2.68. The number of hydrogen-bond donors (Lipinski definition) is 2. The molecule has 0 spiro atoms. The van der Waals surface area contributed by atoms with E-state index in [1.807, 2.05) is 14.0 Å². The number of halogens is 1. The van der Waals surface area contributed by atoms with Gasteiger partial charge in [-0.1, -0.05) is 13.3 Å². The zero-order valence-electron chi connectivity index (χ0n) is 16.9. The number of rotatable bonds is 9. The van der Waals surface area contributed by atoms with Crippen LogP contribution < -0.4 is 10.6 Å². The Morgan fingerprint density at radius 1 is 1.26 bits per heavy atom. The summed E-state index contributed by atoms with van der Waals surface area (Å²) in [6, 6.07) is 0.375. The molecular weight excluding hydrogens is 477 g/mol. The molecule has 2 rings (SSSR count). The molecule has 6 nitrogen and oxygen atoms in total. The fourth-order valence-electron chi connectivity index (χ4n) is 3.68. The Morgan fingerprint density at radius 3 is 2.74 bits per heavy atom. The highest BCUT2D eigenvalue weighted by molar-refractivity contribution is 14.0. The average Bonchev–Trinajstić information content (AvgIpc) is 2.70. The molecule has 27 heavy (non-hydrogen) atoms. The van der Waals surface area contributed by atoms with Gasteiger partial charge in [-0.15, -0.1) is 24.0 Å². The summed E-state index contributed by atoms with van der Waals surface area (Å²) in [4.78, 5) is 4.33. The first-order valence-corrected chi connectivity index (χ1v) is 11.6. The molecule has 1 saturated heterocycles. The van der Waals surface area contributed by atoms with Crippen LogP contribution in [0.5, 0.6) is 0 Å². The van der Waals surface area contributed by atoms with Crippen LogP contribution in [0.1, 0.15) is 51.9 Å². The topological polar surface area (TPSA) is 72.0 Å². The van der Waals surface area contributed by atoms with Crippen molar-refractivity contribution in [3.05, 3.63) is 0 Å². The standard InChI is InChI=1S/C19H37N3O3S.HI/c1-3-26(23)18-7-4-6-17(14-18)22-19(20-2)21-10-5-11-25-15-16-8-12-24-13-9-16;/h16-18H,3-15H2,1-2H3,(H2,20,21,22);1H. The summed E-state index contributed by atoms with van der Waals surface area (Å²) >= 11 is 0. The zero-order valence-corrected chi connectivity index (χ0v) is 20.1. The molecule has 1 heterocycles. The molecule has 0 aromatic rings. The van der Waals surface area contributed by atoms with Crippen LogP contribution in [0.4, 0.5) is 0 Å². The van der Waals surface area contributed by atoms with Crippen LogP contribution in [-0.4, -0.2) is 67.2 Å². The van der Waals surface area contributed by atoms with Gasteiger partial charge in [0.05, 0.1) is 0 Å². The van der Waals surface area contributed by atoms with E-state index in [9.17, 15) is 4.21 Å². The summed E-state index contributed by atoms with van der Waals surface area (Å²) in [6.45, 7) is 6.26. The van der Waals surface area contributed by atoms with Crippen LogP contribution in [0.25, 0.3) is 0 Å². The van der Waals surface area contributed by atoms with Crippen molar-refractivity contribution in [2.75, 3.05) is 45.8 Å². The van der Waals surface area contributed by atoms with Gasteiger partial charge in [0.1, 0.15) is 0 Å². The van der Waals surface area contributed by atoms with Crippen molar-refractivity contribution in [2.24, 2.45) is 10.9 Å². The lowest BCUT2D eigenvalue weighted by Gasteiger charge is -2.30. The van der Waals surface area contributed by atoms with Gasteiger partial charge in [0, 0.05) is 67.9 Å². The molecule has 1 saturated carbocycles. The van der Waals surface area contributed by atoms with Crippen LogP contribution in [0.2, 0.25) is 0 Å². The van der Waals surface area contributed by atoms with E-state index in [1.54, 1.807) is 0 Å². The van der Waals surface area contributed by atoms with Crippen molar-refractivity contribution < 1.29 is 13.7 Å². The number of ether oxygens (including phenoxy) is 2. The van der Waals surface area contributed by atoms with Gasteiger partial charge in [-0.25, -0.2) is 0 Å². The number of nitrogens with zero attached hydrogens (tertiary/aromatic N) is 1. The lowest BCUT2D eigenvalue weighted by molar-refractivity contribution is 0.0203. The minimum atomic E-state index is -0.687.